The summed E-state index contributed by atoms with van der Waals surface area (Å²) in [5.41, 5.74) is 1.44. The van der Waals surface area contributed by atoms with Crippen LogP contribution in [0.3, 0.4) is 0 Å². The first kappa shape index (κ1) is 23.9. The van der Waals surface area contributed by atoms with Crippen LogP contribution in [0.5, 0.6) is 17.2 Å². The maximum Gasteiger partial charge on any atom is 0.306 e. The van der Waals surface area contributed by atoms with Crippen molar-refractivity contribution in [3.05, 3.63) is 45.9 Å². The van der Waals surface area contributed by atoms with Gasteiger partial charge in [0.1, 0.15) is 5.75 Å². The molecule has 0 unspecified atom stereocenters. The van der Waals surface area contributed by atoms with Gasteiger partial charge in [0.25, 0.3) is 5.91 Å². The van der Waals surface area contributed by atoms with Crippen LogP contribution >= 0.6 is 15.9 Å². The van der Waals surface area contributed by atoms with Crippen molar-refractivity contribution in [1.82, 2.24) is 5.32 Å². The van der Waals surface area contributed by atoms with Crippen molar-refractivity contribution in [1.29, 1.82) is 0 Å². The summed E-state index contributed by atoms with van der Waals surface area (Å²) in [6.07, 6.45) is 1.89. The number of amides is 2. The van der Waals surface area contributed by atoms with E-state index in [0.717, 1.165) is 5.56 Å². The summed E-state index contributed by atoms with van der Waals surface area (Å²) >= 11 is 3.40. The molecule has 180 valence electrons. The van der Waals surface area contributed by atoms with Gasteiger partial charge in [0.2, 0.25) is 12.7 Å². The Morgan fingerprint density at radius 1 is 1.06 bits per heavy atom. The number of carbonyl (C=O) groups is 3. The number of aliphatic carboxylic acids is 1. The molecule has 34 heavy (non-hydrogen) atoms. The van der Waals surface area contributed by atoms with Crippen molar-refractivity contribution in [2.24, 2.45) is 11.8 Å². The number of nitrogens with one attached hydrogen (secondary N) is 2. The quantitative estimate of drug-likeness (QED) is 0.493. The molecule has 0 bridgehead atoms. The number of hydrogen-bond acceptors (Lipinski definition) is 6. The largest absolute Gasteiger partial charge is 0.495 e. The Labute approximate surface area is 204 Å². The molecule has 0 atom stereocenters. The van der Waals surface area contributed by atoms with E-state index in [1.54, 1.807) is 18.2 Å². The van der Waals surface area contributed by atoms with Crippen molar-refractivity contribution in [3.8, 4) is 17.2 Å². The standard InChI is InChI=1S/C24H25BrN2O7/c1-32-20-10-18(27-22(28)14-3-5-15(6-4-14)24(30)31)16(9-17(20)25)23(29)26-11-13-2-7-19-21(8-13)34-12-33-19/h2,7-10,14-15H,3-6,11-12H2,1H3,(H,26,29)(H,27,28)(H,30,31). The minimum absolute atomic E-state index is 0.173. The SMILES string of the molecule is COc1cc(NC(=O)C2CCC(C(=O)O)CC2)c(C(=O)NCc2ccc3c(c2)OCO3)cc1Br. The second-order valence-electron chi connectivity index (χ2n) is 8.28. The number of halogens is 1. The Bertz CT molecular complexity index is 1110. The molecular weight excluding hydrogens is 508 g/mol. The van der Waals surface area contributed by atoms with Crippen LogP contribution in [0.2, 0.25) is 0 Å². The molecule has 2 aliphatic rings. The first-order valence-electron chi connectivity index (χ1n) is 10.9. The van der Waals surface area contributed by atoms with Gasteiger partial charge in [-0.3, -0.25) is 14.4 Å². The van der Waals surface area contributed by atoms with Crippen molar-refractivity contribution in [3.63, 3.8) is 0 Å². The highest BCUT2D eigenvalue weighted by molar-refractivity contribution is 9.10. The van der Waals surface area contributed by atoms with E-state index in [9.17, 15) is 19.5 Å². The van der Waals surface area contributed by atoms with E-state index in [0.29, 0.717) is 53.1 Å². The van der Waals surface area contributed by atoms with Crippen molar-refractivity contribution < 1.29 is 33.7 Å². The molecule has 3 N–H and O–H groups in total. The number of benzene rings is 2. The zero-order valence-corrected chi connectivity index (χ0v) is 20.1. The lowest BCUT2D eigenvalue weighted by Crippen LogP contribution is -2.31. The number of carboxylic acid groups (broad SMARTS) is 1. The van der Waals surface area contributed by atoms with Crippen molar-refractivity contribution in [2.75, 3.05) is 19.2 Å². The smallest absolute Gasteiger partial charge is 0.306 e. The van der Waals surface area contributed by atoms with Crippen LogP contribution in [0.25, 0.3) is 0 Å². The average Bonchev–Trinajstić information content (AvgIpc) is 3.31. The molecular formula is C24H25BrN2O7. The lowest BCUT2D eigenvalue weighted by atomic mass is 9.81. The lowest BCUT2D eigenvalue weighted by molar-refractivity contribution is -0.143. The summed E-state index contributed by atoms with van der Waals surface area (Å²) in [7, 11) is 1.50. The number of ether oxygens (including phenoxy) is 3. The van der Waals surface area contributed by atoms with Crippen LogP contribution in [0.1, 0.15) is 41.6 Å². The van der Waals surface area contributed by atoms with Crippen LogP contribution in [0.4, 0.5) is 5.69 Å². The molecule has 0 saturated heterocycles. The predicted octanol–water partition coefficient (Wildman–Crippen LogP) is 3.95. The minimum Gasteiger partial charge on any atom is -0.495 e. The van der Waals surface area contributed by atoms with Gasteiger partial charge in [-0.05, 0) is 65.4 Å². The second kappa shape index (κ2) is 10.3. The minimum atomic E-state index is -0.821. The molecule has 0 radical (unpaired) electrons. The highest BCUT2D eigenvalue weighted by atomic mass is 79.9. The summed E-state index contributed by atoms with van der Waals surface area (Å²) < 4.78 is 16.6. The first-order chi connectivity index (χ1) is 16.4. The van der Waals surface area contributed by atoms with Crippen LogP contribution < -0.4 is 24.8 Å². The Kier molecular flexibility index (Phi) is 7.26. The molecule has 10 heteroatoms. The van der Waals surface area contributed by atoms with E-state index < -0.39 is 11.9 Å². The first-order valence-corrected chi connectivity index (χ1v) is 11.7. The van der Waals surface area contributed by atoms with Gasteiger partial charge in [0, 0.05) is 18.5 Å². The van der Waals surface area contributed by atoms with E-state index in [1.807, 2.05) is 12.1 Å². The zero-order chi connectivity index (χ0) is 24.2. The van der Waals surface area contributed by atoms with E-state index in [-0.39, 0.29) is 36.6 Å². The molecule has 1 aliphatic heterocycles. The molecule has 1 heterocycles. The molecule has 4 rings (SSSR count). The summed E-state index contributed by atoms with van der Waals surface area (Å²) in [5.74, 6) is -0.385. The number of fused-ring (bicyclic) bond motifs is 1. The Hall–Kier alpha value is -3.27. The molecule has 1 aliphatic carbocycles. The van der Waals surface area contributed by atoms with Crippen LogP contribution in [-0.4, -0.2) is 36.8 Å². The number of carboxylic acids is 1. The van der Waals surface area contributed by atoms with Crippen LogP contribution in [0.15, 0.2) is 34.8 Å². The molecule has 0 aromatic heterocycles. The molecule has 2 aromatic carbocycles. The fraction of sp³-hybridized carbons (Fsp3) is 0.375. The molecule has 9 nitrogen and oxygen atoms in total. The number of carbonyl (C=O) groups excluding carboxylic acids is 2. The normalized spacial score (nSPS) is 18.8. The van der Waals surface area contributed by atoms with E-state index in [1.165, 1.54) is 7.11 Å². The van der Waals surface area contributed by atoms with E-state index >= 15 is 0 Å². The van der Waals surface area contributed by atoms with E-state index in [4.69, 9.17) is 14.2 Å². The highest BCUT2D eigenvalue weighted by Gasteiger charge is 2.30. The van der Waals surface area contributed by atoms with Gasteiger partial charge >= 0.3 is 5.97 Å². The Morgan fingerprint density at radius 3 is 2.47 bits per heavy atom. The van der Waals surface area contributed by atoms with Crippen LogP contribution in [-0.2, 0) is 16.1 Å². The lowest BCUT2D eigenvalue weighted by Gasteiger charge is -2.25. The summed E-state index contributed by atoms with van der Waals surface area (Å²) in [6, 6.07) is 8.64. The molecule has 2 amide bonds. The number of methoxy groups -OCH3 is 1. The number of rotatable bonds is 7. The maximum atomic E-state index is 13.1. The van der Waals surface area contributed by atoms with Crippen LogP contribution in [0, 0.1) is 11.8 Å². The Morgan fingerprint density at radius 2 is 1.76 bits per heavy atom. The molecule has 0 spiro atoms. The van der Waals surface area contributed by atoms with Gasteiger partial charge in [-0.1, -0.05) is 6.07 Å². The summed E-state index contributed by atoms with van der Waals surface area (Å²) in [6.45, 7) is 0.428. The highest BCUT2D eigenvalue weighted by Crippen LogP contribution is 2.35. The fourth-order valence-electron chi connectivity index (χ4n) is 4.17. The average molecular weight is 533 g/mol. The molecule has 1 saturated carbocycles. The Balaban J connectivity index is 1.47. The summed E-state index contributed by atoms with van der Waals surface area (Å²) in [4.78, 5) is 37.2. The van der Waals surface area contributed by atoms with E-state index in [2.05, 4.69) is 26.6 Å². The third-order valence-electron chi connectivity index (χ3n) is 6.13. The van der Waals surface area contributed by atoms with Gasteiger partial charge in [0.15, 0.2) is 11.5 Å². The van der Waals surface area contributed by atoms with Crippen molar-refractivity contribution >= 4 is 39.4 Å². The zero-order valence-electron chi connectivity index (χ0n) is 18.6. The van der Waals surface area contributed by atoms with Gasteiger partial charge in [-0.15, -0.1) is 0 Å². The number of anilines is 1. The monoisotopic (exact) mass is 532 g/mol. The van der Waals surface area contributed by atoms with Gasteiger partial charge in [-0.25, -0.2) is 0 Å². The predicted molar refractivity (Wildman–Crippen MR) is 126 cm³/mol. The van der Waals surface area contributed by atoms with Gasteiger partial charge < -0.3 is 30.0 Å². The fourth-order valence-corrected chi connectivity index (χ4v) is 4.67. The third-order valence-corrected chi connectivity index (χ3v) is 6.75. The molecule has 2 aromatic rings. The summed E-state index contributed by atoms with van der Waals surface area (Å²) in [5, 5.41) is 14.9. The number of hydrogen-bond donors (Lipinski definition) is 3. The maximum absolute atomic E-state index is 13.1. The molecule has 1 fully saturated rings. The van der Waals surface area contributed by atoms with Crippen molar-refractivity contribution in [2.45, 2.75) is 32.2 Å². The van der Waals surface area contributed by atoms with Gasteiger partial charge in [0.05, 0.1) is 28.8 Å². The second-order valence-corrected chi connectivity index (χ2v) is 9.13. The topological polar surface area (TPSA) is 123 Å². The third kappa shape index (κ3) is 5.27. The van der Waals surface area contributed by atoms with Gasteiger partial charge in [-0.2, -0.15) is 0 Å².